The van der Waals surface area contributed by atoms with E-state index in [-0.39, 0.29) is 24.0 Å². The van der Waals surface area contributed by atoms with Crippen molar-refractivity contribution in [2.24, 2.45) is 10.9 Å². The minimum Gasteiger partial charge on any atom is -0.444 e. The number of hydrogen-bond donors (Lipinski definition) is 1. The van der Waals surface area contributed by atoms with Crippen LogP contribution in [-0.2, 0) is 13.1 Å². The van der Waals surface area contributed by atoms with Crippen molar-refractivity contribution in [3.63, 3.8) is 0 Å². The highest BCUT2D eigenvalue weighted by Gasteiger charge is 2.21. The topological polar surface area (TPSA) is 56.9 Å². The molecule has 0 amide bonds. The highest BCUT2D eigenvalue weighted by Crippen LogP contribution is 2.19. The predicted octanol–water partition coefficient (Wildman–Crippen LogP) is 4.48. The second-order valence-electron chi connectivity index (χ2n) is 7.88. The minimum absolute atomic E-state index is 0. The maximum Gasteiger partial charge on any atom is 0.208 e. The molecule has 1 aliphatic rings. The van der Waals surface area contributed by atoms with Crippen LogP contribution in [0.15, 0.2) is 33.7 Å². The van der Waals surface area contributed by atoms with E-state index in [1.807, 2.05) is 33.0 Å². The number of oxazole rings is 1. The summed E-state index contributed by atoms with van der Waals surface area (Å²) < 4.78 is 5.73. The molecule has 3 rings (SSSR count). The average molecular weight is 546 g/mol. The summed E-state index contributed by atoms with van der Waals surface area (Å²) in [5.41, 5.74) is 2.21. The van der Waals surface area contributed by atoms with Crippen LogP contribution in [0.2, 0.25) is 5.02 Å². The van der Waals surface area contributed by atoms with Gasteiger partial charge in [0.2, 0.25) is 5.89 Å². The first-order valence-electron chi connectivity index (χ1n) is 10.3. The Labute approximate surface area is 202 Å². The van der Waals surface area contributed by atoms with Gasteiger partial charge in [-0.15, -0.1) is 24.0 Å². The maximum atomic E-state index is 5.98. The van der Waals surface area contributed by atoms with E-state index in [0.717, 1.165) is 61.1 Å². The van der Waals surface area contributed by atoms with E-state index in [1.165, 1.54) is 18.4 Å². The maximum absolute atomic E-state index is 5.98. The molecule has 0 unspecified atom stereocenters. The molecule has 1 saturated heterocycles. The molecule has 2 heterocycles. The molecule has 166 valence electrons. The van der Waals surface area contributed by atoms with Gasteiger partial charge in [-0.2, -0.15) is 0 Å². The first-order chi connectivity index (χ1) is 13.9. The molecule has 1 aliphatic heterocycles. The third-order valence-electron chi connectivity index (χ3n) is 5.59. The molecule has 2 aromatic rings. The van der Waals surface area contributed by atoms with Crippen molar-refractivity contribution >= 4 is 41.5 Å². The molecule has 30 heavy (non-hydrogen) atoms. The SMILES string of the molecule is CN=C(NCC1CCN(Cc2nc(C)c(C)o2)CC1)N(C)Cc1ccc(Cl)cc1.I. The number of piperidine rings is 1. The normalized spacial score (nSPS) is 15.7. The molecule has 1 aromatic heterocycles. The van der Waals surface area contributed by atoms with Gasteiger partial charge >= 0.3 is 0 Å². The Bertz CT molecular complexity index is 796. The molecule has 0 aliphatic carbocycles. The van der Waals surface area contributed by atoms with Crippen LogP contribution in [0.3, 0.4) is 0 Å². The van der Waals surface area contributed by atoms with Crippen molar-refractivity contribution in [2.45, 2.75) is 39.8 Å². The van der Waals surface area contributed by atoms with E-state index in [2.05, 4.69) is 44.3 Å². The Morgan fingerprint density at radius 1 is 1.27 bits per heavy atom. The Kier molecular flexibility index (Phi) is 9.90. The lowest BCUT2D eigenvalue weighted by molar-refractivity contribution is 0.163. The average Bonchev–Trinajstić information content (AvgIpc) is 3.02. The van der Waals surface area contributed by atoms with E-state index < -0.39 is 0 Å². The van der Waals surface area contributed by atoms with Crippen LogP contribution >= 0.6 is 35.6 Å². The summed E-state index contributed by atoms with van der Waals surface area (Å²) in [6.07, 6.45) is 2.34. The van der Waals surface area contributed by atoms with Crippen molar-refractivity contribution in [1.29, 1.82) is 0 Å². The van der Waals surface area contributed by atoms with Crippen LogP contribution in [0, 0.1) is 19.8 Å². The van der Waals surface area contributed by atoms with Crippen molar-refractivity contribution < 1.29 is 4.42 Å². The third kappa shape index (κ3) is 7.13. The zero-order valence-electron chi connectivity index (χ0n) is 18.3. The van der Waals surface area contributed by atoms with Gasteiger partial charge in [0, 0.05) is 32.2 Å². The lowest BCUT2D eigenvalue weighted by Gasteiger charge is -2.32. The largest absolute Gasteiger partial charge is 0.444 e. The van der Waals surface area contributed by atoms with E-state index in [1.54, 1.807) is 0 Å². The number of likely N-dealkylation sites (tertiary alicyclic amines) is 1. The highest BCUT2D eigenvalue weighted by atomic mass is 127. The summed E-state index contributed by atoms with van der Waals surface area (Å²) in [7, 11) is 3.90. The summed E-state index contributed by atoms with van der Waals surface area (Å²) in [5, 5.41) is 4.31. The highest BCUT2D eigenvalue weighted by molar-refractivity contribution is 14.0. The first kappa shape index (κ1) is 24.9. The van der Waals surface area contributed by atoms with Crippen LogP contribution in [0.1, 0.15) is 35.7 Å². The van der Waals surface area contributed by atoms with Crippen LogP contribution in [-0.4, -0.2) is 54.5 Å². The van der Waals surface area contributed by atoms with Crippen LogP contribution in [0.25, 0.3) is 0 Å². The molecule has 0 saturated carbocycles. The number of nitrogens with zero attached hydrogens (tertiary/aromatic N) is 4. The molecule has 0 radical (unpaired) electrons. The summed E-state index contributed by atoms with van der Waals surface area (Å²) in [5.74, 6) is 3.34. The van der Waals surface area contributed by atoms with Crippen molar-refractivity contribution in [3.05, 3.63) is 52.2 Å². The molecule has 0 spiro atoms. The summed E-state index contributed by atoms with van der Waals surface area (Å²) in [6.45, 7) is 8.67. The lowest BCUT2D eigenvalue weighted by Crippen LogP contribution is -2.43. The summed E-state index contributed by atoms with van der Waals surface area (Å²) in [4.78, 5) is 13.5. The molecule has 1 N–H and O–H groups in total. The number of halogens is 2. The molecule has 6 nitrogen and oxygen atoms in total. The molecular weight excluding hydrogens is 513 g/mol. The van der Waals surface area contributed by atoms with Gasteiger partial charge in [-0.3, -0.25) is 9.89 Å². The van der Waals surface area contributed by atoms with Crippen molar-refractivity contribution in [2.75, 3.05) is 33.7 Å². The molecular formula is C22H33ClIN5O. The zero-order chi connectivity index (χ0) is 20.8. The van der Waals surface area contributed by atoms with Crippen LogP contribution in [0.5, 0.6) is 0 Å². The molecule has 1 aromatic carbocycles. The van der Waals surface area contributed by atoms with Gasteiger partial charge in [0.1, 0.15) is 5.76 Å². The second-order valence-corrected chi connectivity index (χ2v) is 8.32. The second kappa shape index (κ2) is 11.9. The molecule has 8 heteroatoms. The van der Waals surface area contributed by atoms with Gasteiger partial charge in [0.05, 0.1) is 12.2 Å². The quantitative estimate of drug-likeness (QED) is 0.330. The number of nitrogens with one attached hydrogen (secondary N) is 1. The Hall–Kier alpha value is -1.32. The van der Waals surface area contributed by atoms with E-state index in [4.69, 9.17) is 16.0 Å². The lowest BCUT2D eigenvalue weighted by atomic mass is 9.97. The van der Waals surface area contributed by atoms with Crippen molar-refractivity contribution in [3.8, 4) is 0 Å². The zero-order valence-corrected chi connectivity index (χ0v) is 21.4. The predicted molar refractivity (Wildman–Crippen MR) is 134 cm³/mol. The summed E-state index contributed by atoms with van der Waals surface area (Å²) in [6, 6.07) is 7.96. The van der Waals surface area contributed by atoms with E-state index in [0.29, 0.717) is 5.92 Å². The van der Waals surface area contributed by atoms with Gasteiger partial charge in [0.15, 0.2) is 5.96 Å². The fourth-order valence-electron chi connectivity index (χ4n) is 3.71. The Morgan fingerprint density at radius 2 is 1.93 bits per heavy atom. The van der Waals surface area contributed by atoms with Gasteiger partial charge in [-0.25, -0.2) is 4.98 Å². The molecule has 1 fully saturated rings. The number of guanidine groups is 1. The van der Waals surface area contributed by atoms with Gasteiger partial charge in [-0.05, 0) is 63.4 Å². The van der Waals surface area contributed by atoms with Crippen LogP contribution < -0.4 is 5.32 Å². The van der Waals surface area contributed by atoms with Gasteiger partial charge < -0.3 is 14.6 Å². The number of aromatic nitrogens is 1. The Morgan fingerprint density at radius 3 is 2.50 bits per heavy atom. The standard InChI is InChI=1S/C22H32ClN5O.HI/c1-16-17(2)29-21(26-16)15-28-11-9-18(10-12-28)13-25-22(24-3)27(4)14-19-5-7-20(23)8-6-19;/h5-8,18H,9-15H2,1-4H3,(H,24,25);1H. The minimum atomic E-state index is 0. The third-order valence-corrected chi connectivity index (χ3v) is 5.85. The van der Waals surface area contributed by atoms with Crippen LogP contribution in [0.4, 0.5) is 0 Å². The first-order valence-corrected chi connectivity index (χ1v) is 10.6. The number of aryl methyl sites for hydroxylation is 2. The van der Waals surface area contributed by atoms with E-state index >= 15 is 0 Å². The smallest absolute Gasteiger partial charge is 0.208 e. The fourth-order valence-corrected chi connectivity index (χ4v) is 3.83. The Balaban J connectivity index is 0.00000320. The van der Waals surface area contributed by atoms with Gasteiger partial charge in [-0.1, -0.05) is 23.7 Å². The van der Waals surface area contributed by atoms with Gasteiger partial charge in [0.25, 0.3) is 0 Å². The molecule has 0 bridgehead atoms. The fraction of sp³-hybridized carbons (Fsp3) is 0.545. The number of aliphatic imine (C=N–C) groups is 1. The number of rotatable bonds is 6. The number of hydrogen-bond acceptors (Lipinski definition) is 4. The van der Waals surface area contributed by atoms with Crippen molar-refractivity contribution in [1.82, 2.24) is 20.1 Å². The summed E-state index contributed by atoms with van der Waals surface area (Å²) >= 11 is 5.98. The molecule has 0 atom stereocenters. The number of benzene rings is 1. The van der Waals surface area contributed by atoms with E-state index in [9.17, 15) is 0 Å². The monoisotopic (exact) mass is 545 g/mol.